The van der Waals surface area contributed by atoms with E-state index in [1.54, 1.807) is 17.4 Å². The first-order valence-corrected chi connectivity index (χ1v) is 6.61. The van der Waals surface area contributed by atoms with Gasteiger partial charge >= 0.3 is 0 Å². The molecular weight excluding hydrogens is 305 g/mol. The molecule has 2 rings (SSSR count). The van der Waals surface area contributed by atoms with Crippen LogP contribution in [-0.4, -0.2) is 7.11 Å². The topological polar surface area (TPSA) is 21.3 Å². The van der Waals surface area contributed by atoms with Crippen LogP contribution in [0.1, 0.15) is 4.88 Å². The van der Waals surface area contributed by atoms with Gasteiger partial charge in [-0.15, -0.1) is 11.3 Å². The van der Waals surface area contributed by atoms with Gasteiger partial charge < -0.3 is 10.1 Å². The predicted octanol–water partition coefficient (Wildman–Crippen LogP) is 4.27. The van der Waals surface area contributed by atoms with Gasteiger partial charge in [0.25, 0.3) is 0 Å². The summed E-state index contributed by atoms with van der Waals surface area (Å²) in [6, 6.07) is 8.59. The van der Waals surface area contributed by atoms with Crippen molar-refractivity contribution < 1.29 is 9.13 Å². The van der Waals surface area contributed by atoms with Gasteiger partial charge in [-0.2, -0.15) is 0 Å². The van der Waals surface area contributed by atoms with Gasteiger partial charge in [-0.05, 0) is 34.1 Å². The highest BCUT2D eigenvalue weighted by Gasteiger charge is 2.02. The molecule has 0 aliphatic rings. The minimum absolute atomic E-state index is 0.306. The molecule has 0 saturated heterocycles. The van der Waals surface area contributed by atoms with Crippen LogP contribution in [0.2, 0.25) is 0 Å². The summed E-state index contributed by atoms with van der Waals surface area (Å²) in [7, 11) is 1.52. The largest absolute Gasteiger partial charge is 0.497 e. The maximum absolute atomic E-state index is 13.2. The second kappa shape index (κ2) is 5.51. The Balaban J connectivity index is 2.05. The molecule has 1 aromatic heterocycles. The summed E-state index contributed by atoms with van der Waals surface area (Å²) >= 11 is 5.05. The van der Waals surface area contributed by atoms with Crippen molar-refractivity contribution >= 4 is 33.0 Å². The zero-order chi connectivity index (χ0) is 12.3. The third-order valence-corrected chi connectivity index (χ3v) is 3.83. The average molecular weight is 316 g/mol. The summed E-state index contributed by atoms with van der Waals surface area (Å²) in [6.45, 7) is 0.670. The Bertz CT molecular complexity index is 515. The lowest BCUT2D eigenvalue weighted by Crippen LogP contribution is -1.98. The number of methoxy groups -OCH3 is 1. The highest BCUT2D eigenvalue weighted by molar-refractivity contribution is 9.11. The molecular formula is C12H11BrFNOS. The van der Waals surface area contributed by atoms with Gasteiger partial charge in [0.2, 0.25) is 0 Å². The van der Waals surface area contributed by atoms with Gasteiger partial charge in [0.15, 0.2) is 0 Å². The number of hydrogen-bond acceptors (Lipinski definition) is 3. The molecule has 1 N–H and O–H groups in total. The molecule has 2 aromatic rings. The number of hydrogen-bond donors (Lipinski definition) is 1. The Hall–Kier alpha value is -1.07. The lowest BCUT2D eigenvalue weighted by Gasteiger charge is -2.07. The van der Waals surface area contributed by atoms with Crippen LogP contribution in [0.5, 0.6) is 5.75 Å². The molecule has 5 heteroatoms. The van der Waals surface area contributed by atoms with Gasteiger partial charge in [-0.1, -0.05) is 0 Å². The summed E-state index contributed by atoms with van der Waals surface area (Å²) in [6.07, 6.45) is 0. The fourth-order valence-corrected chi connectivity index (χ4v) is 2.84. The Labute approximate surface area is 112 Å². The summed E-state index contributed by atoms with van der Waals surface area (Å²) in [5.74, 6) is 0.207. The summed E-state index contributed by atoms with van der Waals surface area (Å²) < 4.78 is 19.3. The second-order valence-corrected chi connectivity index (χ2v) is 5.99. The normalized spacial score (nSPS) is 10.3. The first-order chi connectivity index (χ1) is 8.17. The lowest BCUT2D eigenvalue weighted by atomic mass is 10.3. The molecule has 0 unspecified atom stereocenters. The van der Waals surface area contributed by atoms with Crippen LogP contribution >= 0.6 is 27.3 Å². The third-order valence-electron chi connectivity index (χ3n) is 2.20. The maximum Gasteiger partial charge on any atom is 0.128 e. The van der Waals surface area contributed by atoms with E-state index in [1.807, 2.05) is 12.1 Å². The van der Waals surface area contributed by atoms with E-state index in [9.17, 15) is 4.39 Å². The molecule has 0 fully saturated rings. The van der Waals surface area contributed by atoms with E-state index < -0.39 is 0 Å². The quantitative estimate of drug-likeness (QED) is 0.909. The highest BCUT2D eigenvalue weighted by atomic mass is 79.9. The van der Waals surface area contributed by atoms with E-state index in [1.165, 1.54) is 24.1 Å². The lowest BCUT2D eigenvalue weighted by molar-refractivity contribution is 0.411. The van der Waals surface area contributed by atoms with Gasteiger partial charge in [-0.25, -0.2) is 4.39 Å². The van der Waals surface area contributed by atoms with E-state index >= 15 is 0 Å². The minimum Gasteiger partial charge on any atom is -0.497 e. The number of benzene rings is 1. The molecule has 90 valence electrons. The molecule has 17 heavy (non-hydrogen) atoms. The monoisotopic (exact) mass is 315 g/mol. The first kappa shape index (κ1) is 12.4. The molecule has 0 amide bonds. The van der Waals surface area contributed by atoms with E-state index in [4.69, 9.17) is 4.74 Å². The number of thiophene rings is 1. The first-order valence-electron chi connectivity index (χ1n) is 5.00. The fourth-order valence-electron chi connectivity index (χ4n) is 1.42. The number of halogens is 2. The summed E-state index contributed by atoms with van der Waals surface area (Å²) in [5.41, 5.74) is 0.714. The Morgan fingerprint density at radius 2 is 2.18 bits per heavy atom. The van der Waals surface area contributed by atoms with Crippen LogP contribution in [0.4, 0.5) is 10.1 Å². The molecule has 1 heterocycles. The van der Waals surface area contributed by atoms with E-state index in [0.29, 0.717) is 18.0 Å². The van der Waals surface area contributed by atoms with Crippen LogP contribution in [0.3, 0.4) is 0 Å². The van der Waals surface area contributed by atoms with Crippen LogP contribution in [0, 0.1) is 5.82 Å². The van der Waals surface area contributed by atoms with Crippen molar-refractivity contribution in [3.63, 3.8) is 0 Å². The zero-order valence-corrected chi connectivity index (χ0v) is 11.6. The Morgan fingerprint density at radius 1 is 1.35 bits per heavy atom. The minimum atomic E-state index is -0.306. The van der Waals surface area contributed by atoms with Gasteiger partial charge in [-0.3, -0.25) is 0 Å². The van der Waals surface area contributed by atoms with Crippen LogP contribution < -0.4 is 10.1 Å². The van der Waals surface area contributed by atoms with Crippen LogP contribution in [-0.2, 0) is 6.54 Å². The third kappa shape index (κ3) is 3.44. The average Bonchev–Trinajstić information content (AvgIpc) is 2.72. The van der Waals surface area contributed by atoms with E-state index in [2.05, 4.69) is 21.2 Å². The van der Waals surface area contributed by atoms with Gasteiger partial charge in [0, 0.05) is 29.2 Å². The molecule has 2 nitrogen and oxygen atoms in total. The molecule has 0 bridgehead atoms. The smallest absolute Gasteiger partial charge is 0.128 e. The standard InChI is InChI=1S/C12H11BrFNOS/c1-16-10-5-8(14)4-9(6-10)15-7-11-2-3-12(13)17-11/h2-6,15H,7H2,1H3. The molecule has 0 aliphatic carbocycles. The highest BCUT2D eigenvalue weighted by Crippen LogP contribution is 2.24. The van der Waals surface area contributed by atoms with Crippen molar-refractivity contribution in [3.05, 3.63) is 44.8 Å². The van der Waals surface area contributed by atoms with Crippen molar-refractivity contribution in [2.45, 2.75) is 6.54 Å². The van der Waals surface area contributed by atoms with Crippen molar-refractivity contribution in [1.82, 2.24) is 0 Å². The number of rotatable bonds is 4. The molecule has 0 radical (unpaired) electrons. The van der Waals surface area contributed by atoms with Crippen molar-refractivity contribution in [3.8, 4) is 5.75 Å². The van der Waals surface area contributed by atoms with Gasteiger partial charge in [0.1, 0.15) is 11.6 Å². The van der Waals surface area contributed by atoms with Gasteiger partial charge in [0.05, 0.1) is 10.9 Å². The van der Waals surface area contributed by atoms with Crippen molar-refractivity contribution in [2.75, 3.05) is 12.4 Å². The Kier molecular flexibility index (Phi) is 4.02. The molecule has 0 spiro atoms. The maximum atomic E-state index is 13.2. The van der Waals surface area contributed by atoms with Crippen molar-refractivity contribution in [2.24, 2.45) is 0 Å². The zero-order valence-electron chi connectivity index (χ0n) is 9.17. The summed E-state index contributed by atoms with van der Waals surface area (Å²) in [4.78, 5) is 1.18. The molecule has 0 atom stereocenters. The van der Waals surface area contributed by atoms with Crippen molar-refractivity contribution in [1.29, 1.82) is 0 Å². The summed E-state index contributed by atoms with van der Waals surface area (Å²) in [5, 5.41) is 3.16. The van der Waals surface area contributed by atoms with E-state index in [0.717, 1.165) is 3.79 Å². The molecule has 1 aromatic carbocycles. The SMILES string of the molecule is COc1cc(F)cc(NCc2ccc(Br)s2)c1. The fraction of sp³-hybridized carbons (Fsp3) is 0.167. The van der Waals surface area contributed by atoms with Crippen LogP contribution in [0.25, 0.3) is 0 Å². The Morgan fingerprint density at radius 3 is 2.82 bits per heavy atom. The predicted molar refractivity (Wildman–Crippen MR) is 72.3 cm³/mol. The molecule has 0 saturated carbocycles. The number of ether oxygens (including phenoxy) is 1. The number of nitrogens with one attached hydrogen (secondary N) is 1. The number of anilines is 1. The second-order valence-electron chi connectivity index (χ2n) is 3.44. The van der Waals surface area contributed by atoms with E-state index in [-0.39, 0.29) is 5.82 Å². The molecule has 0 aliphatic heterocycles. The van der Waals surface area contributed by atoms with Crippen LogP contribution in [0.15, 0.2) is 34.1 Å².